The van der Waals surface area contributed by atoms with Gasteiger partial charge in [-0.15, -0.1) is 5.10 Å². The number of rotatable bonds is 7. The van der Waals surface area contributed by atoms with Crippen LogP contribution in [0.3, 0.4) is 0 Å². The van der Waals surface area contributed by atoms with Crippen molar-refractivity contribution in [2.75, 3.05) is 6.54 Å². The molecule has 0 amide bonds. The average Bonchev–Trinajstić information content (AvgIpc) is 3.41. The molecule has 2 aromatic heterocycles. The van der Waals surface area contributed by atoms with Crippen molar-refractivity contribution in [1.29, 1.82) is 0 Å². The van der Waals surface area contributed by atoms with E-state index >= 15 is 0 Å². The van der Waals surface area contributed by atoms with E-state index in [1.54, 1.807) is 6.07 Å². The molecule has 0 aliphatic heterocycles. The zero-order valence-corrected chi connectivity index (χ0v) is 21.3. The molecule has 0 spiro atoms. The smallest absolute Gasteiger partial charge is 0.178 e. The minimum Gasteiger partial charge on any atom is -0.358 e. The fourth-order valence-electron chi connectivity index (χ4n) is 4.75. The van der Waals surface area contributed by atoms with Crippen molar-refractivity contribution in [1.82, 2.24) is 30.5 Å². The summed E-state index contributed by atoms with van der Waals surface area (Å²) >= 11 is 12.9. The molecule has 5 rings (SSSR count). The molecule has 35 heavy (non-hydrogen) atoms. The van der Waals surface area contributed by atoms with Gasteiger partial charge in [0.25, 0.3) is 0 Å². The zero-order valence-electron chi connectivity index (χ0n) is 19.8. The van der Waals surface area contributed by atoms with Gasteiger partial charge in [-0.1, -0.05) is 65.7 Å². The van der Waals surface area contributed by atoms with Crippen molar-refractivity contribution in [2.24, 2.45) is 0 Å². The Labute approximate surface area is 214 Å². The topological polar surface area (TPSA) is 71.4 Å². The number of benzene rings is 3. The third-order valence-corrected chi connectivity index (χ3v) is 6.99. The Morgan fingerprint density at radius 1 is 0.971 bits per heavy atom. The number of nitrogens with zero attached hydrogens (tertiary/aromatic N) is 4. The summed E-state index contributed by atoms with van der Waals surface area (Å²) in [6.45, 7) is 6.94. The molecule has 6 nitrogen and oxygen atoms in total. The van der Waals surface area contributed by atoms with E-state index < -0.39 is 0 Å². The van der Waals surface area contributed by atoms with E-state index in [0.717, 1.165) is 34.3 Å². The normalized spacial score (nSPS) is 12.4. The van der Waals surface area contributed by atoms with E-state index in [9.17, 15) is 0 Å². The monoisotopic (exact) mass is 504 g/mol. The number of hydrogen-bond donors (Lipinski definition) is 2. The van der Waals surface area contributed by atoms with Gasteiger partial charge in [0.05, 0.1) is 11.7 Å². The molecule has 2 N–H and O–H groups in total. The molecule has 0 unspecified atom stereocenters. The van der Waals surface area contributed by atoms with E-state index in [4.69, 9.17) is 23.2 Å². The number of nitrogens with one attached hydrogen (secondary N) is 2. The van der Waals surface area contributed by atoms with Crippen LogP contribution in [0.4, 0.5) is 0 Å². The van der Waals surface area contributed by atoms with Gasteiger partial charge in [0.1, 0.15) is 0 Å². The predicted octanol–water partition coefficient (Wildman–Crippen LogP) is 6.30. The third-order valence-electron chi connectivity index (χ3n) is 6.43. The van der Waals surface area contributed by atoms with Crippen LogP contribution < -0.4 is 5.32 Å². The lowest BCUT2D eigenvalue weighted by Gasteiger charge is -2.21. The highest BCUT2D eigenvalue weighted by molar-refractivity contribution is 6.35. The Morgan fingerprint density at radius 3 is 2.51 bits per heavy atom. The summed E-state index contributed by atoms with van der Waals surface area (Å²) < 4.78 is 1.81. The fraction of sp³-hybridized carbons (Fsp3) is 0.222. The van der Waals surface area contributed by atoms with Gasteiger partial charge in [0.15, 0.2) is 5.82 Å². The molecule has 8 heteroatoms. The maximum Gasteiger partial charge on any atom is 0.178 e. The Bertz CT molecular complexity index is 1480. The van der Waals surface area contributed by atoms with Crippen molar-refractivity contribution < 1.29 is 0 Å². The second-order valence-electron chi connectivity index (χ2n) is 8.77. The van der Waals surface area contributed by atoms with E-state index in [2.05, 4.69) is 76.9 Å². The molecule has 0 saturated carbocycles. The number of aromatic amines is 1. The summed E-state index contributed by atoms with van der Waals surface area (Å²) in [5.74, 6) is 0.669. The standard InChI is InChI=1S/C27H26Cl2N6/c1-16-7-6-8-17(2)26(16)35-27(32-33-34-35)25(22-12-11-19(28)15-23(22)29)30-14-13-20-18(3)31-24-10-5-4-9-21(20)24/h4-12,15,25,30-31H,13-14H2,1-3H3/t25-/m0/s1. The Morgan fingerprint density at radius 2 is 1.74 bits per heavy atom. The highest BCUT2D eigenvalue weighted by atomic mass is 35.5. The first-order valence-corrected chi connectivity index (χ1v) is 12.3. The molecule has 0 aliphatic rings. The minimum atomic E-state index is -0.334. The Balaban J connectivity index is 1.52. The third kappa shape index (κ3) is 4.57. The molecular weight excluding hydrogens is 479 g/mol. The number of para-hydroxylation sites is 2. The number of H-pyrrole nitrogens is 1. The van der Waals surface area contributed by atoms with E-state index in [1.807, 2.05) is 28.9 Å². The van der Waals surface area contributed by atoms with Crippen molar-refractivity contribution in [3.8, 4) is 5.69 Å². The van der Waals surface area contributed by atoms with E-state index in [-0.39, 0.29) is 6.04 Å². The molecule has 1 atom stereocenters. The summed E-state index contributed by atoms with van der Waals surface area (Å²) in [5.41, 5.74) is 7.64. The quantitative estimate of drug-likeness (QED) is 0.273. The van der Waals surface area contributed by atoms with Crippen LogP contribution in [0.25, 0.3) is 16.6 Å². The average molecular weight is 505 g/mol. The van der Waals surface area contributed by atoms with Gasteiger partial charge in [0, 0.05) is 33.2 Å². The van der Waals surface area contributed by atoms with Crippen molar-refractivity contribution in [3.63, 3.8) is 0 Å². The maximum atomic E-state index is 6.68. The molecule has 0 aliphatic carbocycles. The number of aryl methyl sites for hydroxylation is 3. The zero-order chi connectivity index (χ0) is 24.5. The Hall–Kier alpha value is -3.19. The molecule has 0 radical (unpaired) electrons. The minimum absolute atomic E-state index is 0.334. The van der Waals surface area contributed by atoms with E-state index in [0.29, 0.717) is 22.4 Å². The van der Waals surface area contributed by atoms with Crippen molar-refractivity contribution >= 4 is 34.1 Å². The lowest BCUT2D eigenvalue weighted by molar-refractivity contribution is 0.562. The van der Waals surface area contributed by atoms with Gasteiger partial charge in [0.2, 0.25) is 0 Å². The molecule has 0 bridgehead atoms. The van der Waals surface area contributed by atoms with Crippen LogP contribution in [0.1, 0.15) is 39.8 Å². The van der Waals surface area contributed by atoms with Gasteiger partial charge < -0.3 is 10.3 Å². The van der Waals surface area contributed by atoms with Gasteiger partial charge in [-0.2, -0.15) is 4.68 Å². The highest BCUT2D eigenvalue weighted by Gasteiger charge is 2.25. The number of tetrazole rings is 1. The van der Waals surface area contributed by atoms with Gasteiger partial charge in [-0.05, 0) is 78.1 Å². The first kappa shape index (κ1) is 23.5. The summed E-state index contributed by atoms with van der Waals surface area (Å²) in [6.07, 6.45) is 0.836. The molecular formula is C27H26Cl2N6. The highest BCUT2D eigenvalue weighted by Crippen LogP contribution is 2.31. The van der Waals surface area contributed by atoms with Crippen LogP contribution in [0, 0.1) is 20.8 Å². The van der Waals surface area contributed by atoms with Crippen LogP contribution in [0.5, 0.6) is 0 Å². The summed E-state index contributed by atoms with van der Waals surface area (Å²) in [7, 11) is 0. The molecule has 178 valence electrons. The SMILES string of the molecule is Cc1cccc(C)c1-n1nnnc1[C@@H](NCCc1c(C)[nH]c2ccccc12)c1ccc(Cl)cc1Cl. The maximum absolute atomic E-state index is 6.68. The Kier molecular flexibility index (Phi) is 6.60. The van der Waals surface area contributed by atoms with Crippen LogP contribution in [-0.4, -0.2) is 31.7 Å². The van der Waals surface area contributed by atoms with Gasteiger partial charge in [-0.3, -0.25) is 0 Å². The molecule has 2 heterocycles. The van der Waals surface area contributed by atoms with Crippen LogP contribution in [0.2, 0.25) is 10.0 Å². The summed E-state index contributed by atoms with van der Waals surface area (Å²) in [4.78, 5) is 3.48. The first-order chi connectivity index (χ1) is 16.9. The van der Waals surface area contributed by atoms with Gasteiger partial charge in [-0.25, -0.2) is 0 Å². The molecule has 0 saturated heterocycles. The number of aromatic nitrogens is 5. The summed E-state index contributed by atoms with van der Waals surface area (Å²) in [5, 5.41) is 18.9. The fourth-order valence-corrected chi connectivity index (χ4v) is 5.26. The van der Waals surface area contributed by atoms with E-state index in [1.165, 1.54) is 16.6 Å². The number of hydrogen-bond acceptors (Lipinski definition) is 4. The van der Waals surface area contributed by atoms with Crippen LogP contribution >= 0.6 is 23.2 Å². The van der Waals surface area contributed by atoms with Gasteiger partial charge >= 0.3 is 0 Å². The predicted molar refractivity (Wildman–Crippen MR) is 142 cm³/mol. The van der Waals surface area contributed by atoms with Crippen LogP contribution in [0.15, 0.2) is 60.7 Å². The largest absolute Gasteiger partial charge is 0.358 e. The second-order valence-corrected chi connectivity index (χ2v) is 9.61. The van der Waals surface area contributed by atoms with Crippen molar-refractivity contribution in [3.05, 3.63) is 104 Å². The lowest BCUT2D eigenvalue weighted by atomic mass is 10.0. The molecule has 0 fully saturated rings. The molecule has 3 aromatic carbocycles. The van der Waals surface area contributed by atoms with Crippen molar-refractivity contribution in [2.45, 2.75) is 33.2 Å². The molecule has 5 aromatic rings. The first-order valence-electron chi connectivity index (χ1n) is 11.5. The number of fused-ring (bicyclic) bond motifs is 1. The second kappa shape index (κ2) is 9.82. The number of halogens is 2. The lowest BCUT2D eigenvalue weighted by Crippen LogP contribution is -2.28. The van der Waals surface area contributed by atoms with Crippen LogP contribution in [-0.2, 0) is 6.42 Å². The summed E-state index contributed by atoms with van der Waals surface area (Å²) in [6, 6.07) is 19.7.